The molecule has 0 amide bonds. The Morgan fingerprint density at radius 2 is 1.86 bits per heavy atom. The zero-order chi connectivity index (χ0) is 25.6. The molecule has 1 fully saturated rings. The maximum atomic E-state index is 13.4. The van der Waals surface area contributed by atoms with E-state index in [9.17, 15) is 13.2 Å². The van der Waals surface area contributed by atoms with Crippen LogP contribution in [0.15, 0.2) is 40.7 Å². The zero-order valence-corrected chi connectivity index (χ0v) is 21.2. The van der Waals surface area contributed by atoms with E-state index in [1.807, 2.05) is 20.8 Å². The fourth-order valence-electron chi connectivity index (χ4n) is 4.07. The van der Waals surface area contributed by atoms with Crippen LogP contribution in [0.3, 0.4) is 0 Å². The van der Waals surface area contributed by atoms with Gasteiger partial charge in [-0.2, -0.15) is 0 Å². The molecule has 0 aromatic carbocycles. The summed E-state index contributed by atoms with van der Waals surface area (Å²) in [7, 11) is -3.38. The van der Waals surface area contributed by atoms with Crippen LogP contribution >= 0.6 is 0 Å². The molecule has 4 aromatic heterocycles. The van der Waals surface area contributed by atoms with Crippen molar-refractivity contribution in [2.45, 2.75) is 57.1 Å². The summed E-state index contributed by atoms with van der Waals surface area (Å²) in [6.07, 6.45) is 7.91. The fourth-order valence-corrected chi connectivity index (χ4v) is 4.63. The summed E-state index contributed by atoms with van der Waals surface area (Å²) < 4.78 is 24.9. The SMILES string of the molecule is Cc1ncnc(C2CC2)c1-c1ncc2nc(NCc3ccc(S(C)(=O)=O)nc3)c(=O)n(C(C)C)c2n1. The molecule has 11 nitrogen and oxygen atoms in total. The molecular formula is C24H26N8O3S. The summed E-state index contributed by atoms with van der Waals surface area (Å²) in [5.41, 5.74) is 3.87. The molecule has 1 saturated carbocycles. The Morgan fingerprint density at radius 3 is 2.50 bits per heavy atom. The van der Waals surface area contributed by atoms with E-state index in [4.69, 9.17) is 4.98 Å². The highest BCUT2D eigenvalue weighted by atomic mass is 32.2. The highest BCUT2D eigenvalue weighted by Crippen LogP contribution is 2.43. The molecule has 0 unspecified atom stereocenters. The van der Waals surface area contributed by atoms with Crippen molar-refractivity contribution in [2.24, 2.45) is 0 Å². The second-order valence-corrected chi connectivity index (χ2v) is 11.2. The van der Waals surface area contributed by atoms with Crippen molar-refractivity contribution in [3.05, 3.63) is 58.2 Å². The van der Waals surface area contributed by atoms with Gasteiger partial charge in [-0.05, 0) is 45.2 Å². The van der Waals surface area contributed by atoms with Gasteiger partial charge >= 0.3 is 0 Å². The van der Waals surface area contributed by atoms with Gasteiger partial charge in [-0.1, -0.05) is 6.07 Å². The van der Waals surface area contributed by atoms with Crippen molar-refractivity contribution < 1.29 is 8.42 Å². The predicted molar refractivity (Wildman–Crippen MR) is 134 cm³/mol. The number of sulfone groups is 1. The number of hydrogen-bond acceptors (Lipinski definition) is 10. The first-order valence-corrected chi connectivity index (χ1v) is 13.5. The van der Waals surface area contributed by atoms with E-state index < -0.39 is 9.84 Å². The molecule has 0 atom stereocenters. The lowest BCUT2D eigenvalue weighted by atomic mass is 10.1. The minimum absolute atomic E-state index is 0.00547. The van der Waals surface area contributed by atoms with E-state index in [-0.39, 0.29) is 29.0 Å². The molecule has 0 spiro atoms. The van der Waals surface area contributed by atoms with Gasteiger partial charge in [0.25, 0.3) is 5.56 Å². The van der Waals surface area contributed by atoms with Crippen molar-refractivity contribution in [1.29, 1.82) is 0 Å². The Kier molecular flexibility index (Phi) is 5.99. The average molecular weight is 507 g/mol. The molecule has 0 saturated heterocycles. The molecule has 4 aromatic rings. The van der Waals surface area contributed by atoms with Crippen LogP contribution in [0.2, 0.25) is 0 Å². The zero-order valence-electron chi connectivity index (χ0n) is 20.4. The van der Waals surface area contributed by atoms with Gasteiger partial charge < -0.3 is 5.32 Å². The Bertz CT molecular complexity index is 1630. The lowest BCUT2D eigenvalue weighted by Gasteiger charge is -2.16. The molecule has 186 valence electrons. The monoisotopic (exact) mass is 506 g/mol. The molecule has 36 heavy (non-hydrogen) atoms. The first-order chi connectivity index (χ1) is 17.1. The summed E-state index contributed by atoms with van der Waals surface area (Å²) in [5, 5.41) is 3.05. The predicted octanol–water partition coefficient (Wildman–Crippen LogP) is 2.82. The summed E-state index contributed by atoms with van der Waals surface area (Å²) in [5.74, 6) is 1.02. The molecule has 1 aliphatic carbocycles. The summed E-state index contributed by atoms with van der Waals surface area (Å²) in [6, 6.07) is 2.90. The van der Waals surface area contributed by atoms with E-state index in [2.05, 4.69) is 30.2 Å². The molecule has 5 rings (SSSR count). The van der Waals surface area contributed by atoms with Crippen LogP contribution in [0.5, 0.6) is 0 Å². The smallest absolute Gasteiger partial charge is 0.295 e. The Hall–Kier alpha value is -3.80. The molecule has 0 radical (unpaired) electrons. The standard InChI is InChI=1S/C24H26N8O3S/c1-13(2)32-23-17(11-27-21(31-23)19-14(3)28-12-29-20(19)16-6-7-16)30-22(24(32)33)26-10-15-5-8-18(25-9-15)36(4,34)35/h5,8-9,11-13,16H,6-7,10H2,1-4H3,(H,26,30). The molecule has 1 aliphatic rings. The third-order valence-corrected chi connectivity index (χ3v) is 7.04. The van der Waals surface area contributed by atoms with Gasteiger partial charge in [0.1, 0.15) is 11.8 Å². The maximum absolute atomic E-state index is 13.4. The maximum Gasteiger partial charge on any atom is 0.295 e. The summed E-state index contributed by atoms with van der Waals surface area (Å²) >= 11 is 0. The number of anilines is 1. The number of hydrogen-bond donors (Lipinski definition) is 1. The lowest BCUT2D eigenvalue weighted by Crippen LogP contribution is -2.27. The number of aromatic nitrogens is 7. The molecule has 4 heterocycles. The number of rotatable bonds is 7. The number of nitrogens with zero attached hydrogens (tertiary/aromatic N) is 7. The van der Waals surface area contributed by atoms with Gasteiger partial charge in [-0.3, -0.25) is 9.36 Å². The van der Waals surface area contributed by atoms with Gasteiger partial charge in [0.05, 0.1) is 23.1 Å². The van der Waals surface area contributed by atoms with Crippen LogP contribution in [-0.4, -0.2) is 49.1 Å². The number of aryl methyl sites for hydroxylation is 1. The second kappa shape index (κ2) is 9.01. The van der Waals surface area contributed by atoms with Crippen LogP contribution in [0.4, 0.5) is 5.82 Å². The Labute approximate surface area is 208 Å². The molecule has 0 bridgehead atoms. The molecule has 12 heteroatoms. The second-order valence-electron chi connectivity index (χ2n) is 9.26. The first kappa shape index (κ1) is 23.9. The number of nitrogens with one attached hydrogen (secondary N) is 1. The topological polar surface area (TPSA) is 146 Å². The highest BCUT2D eigenvalue weighted by molar-refractivity contribution is 7.90. The van der Waals surface area contributed by atoms with E-state index >= 15 is 0 Å². The van der Waals surface area contributed by atoms with Gasteiger partial charge in [0.2, 0.25) is 0 Å². The van der Waals surface area contributed by atoms with E-state index in [1.54, 1.807) is 23.2 Å². The quantitative estimate of drug-likeness (QED) is 0.397. The Balaban J connectivity index is 1.53. The van der Waals surface area contributed by atoms with Gasteiger partial charge in [0.15, 0.2) is 32.2 Å². The summed E-state index contributed by atoms with van der Waals surface area (Å²) in [4.78, 5) is 40.0. The lowest BCUT2D eigenvalue weighted by molar-refractivity contribution is 0.593. The van der Waals surface area contributed by atoms with E-state index in [1.165, 1.54) is 12.3 Å². The van der Waals surface area contributed by atoms with Gasteiger partial charge in [0, 0.05) is 31.0 Å². The third-order valence-electron chi connectivity index (χ3n) is 6.04. The van der Waals surface area contributed by atoms with Crippen LogP contribution in [0.1, 0.15) is 55.6 Å². The van der Waals surface area contributed by atoms with Gasteiger partial charge in [-0.15, -0.1) is 0 Å². The van der Waals surface area contributed by atoms with Crippen LogP contribution < -0.4 is 10.9 Å². The molecule has 1 N–H and O–H groups in total. The van der Waals surface area contributed by atoms with Crippen molar-refractivity contribution in [3.63, 3.8) is 0 Å². The van der Waals surface area contributed by atoms with Crippen LogP contribution in [0, 0.1) is 6.92 Å². The van der Waals surface area contributed by atoms with Crippen molar-refractivity contribution >= 4 is 26.8 Å². The normalized spacial score (nSPS) is 13.9. The molecular weight excluding hydrogens is 480 g/mol. The largest absolute Gasteiger partial charge is 0.361 e. The van der Waals surface area contributed by atoms with Crippen molar-refractivity contribution in [3.8, 4) is 11.4 Å². The summed E-state index contributed by atoms with van der Waals surface area (Å²) in [6.45, 7) is 5.97. The average Bonchev–Trinajstić information content (AvgIpc) is 3.67. The highest BCUT2D eigenvalue weighted by Gasteiger charge is 2.30. The van der Waals surface area contributed by atoms with Crippen LogP contribution in [-0.2, 0) is 16.4 Å². The fraction of sp³-hybridized carbons (Fsp3) is 0.375. The number of fused-ring (bicyclic) bond motifs is 1. The van der Waals surface area contributed by atoms with Gasteiger partial charge in [-0.25, -0.2) is 38.3 Å². The van der Waals surface area contributed by atoms with Crippen molar-refractivity contribution in [1.82, 2.24) is 34.5 Å². The first-order valence-electron chi connectivity index (χ1n) is 11.6. The minimum Gasteiger partial charge on any atom is -0.361 e. The van der Waals surface area contributed by atoms with Crippen LogP contribution in [0.25, 0.3) is 22.6 Å². The van der Waals surface area contributed by atoms with E-state index in [0.29, 0.717) is 28.5 Å². The van der Waals surface area contributed by atoms with E-state index in [0.717, 1.165) is 36.0 Å². The Morgan fingerprint density at radius 1 is 1.08 bits per heavy atom. The number of pyridine rings is 1. The van der Waals surface area contributed by atoms with Crippen molar-refractivity contribution in [2.75, 3.05) is 11.6 Å². The third kappa shape index (κ3) is 4.55. The minimum atomic E-state index is -3.38. The molecule has 0 aliphatic heterocycles.